The maximum absolute atomic E-state index is 5.26. The van der Waals surface area contributed by atoms with Gasteiger partial charge >= 0.3 is 0 Å². The Morgan fingerprint density at radius 1 is 1.00 bits per heavy atom. The van der Waals surface area contributed by atoms with E-state index in [1.807, 2.05) is 6.92 Å². The Bertz CT molecular complexity index is 65.3. The van der Waals surface area contributed by atoms with E-state index in [9.17, 15) is 0 Å². The molecule has 0 N–H and O–H groups in total. The fraction of sp³-hybridized carbons (Fsp3) is 1.00. The molecule has 1 rings (SSSR count). The van der Waals surface area contributed by atoms with Gasteiger partial charge in [-0.3, -0.25) is 0 Å². The van der Waals surface area contributed by atoms with E-state index in [2.05, 4.69) is 0 Å². The third kappa shape index (κ3) is 2.82. The Balaban J connectivity index is 2.12. The number of hydrogen-bond donors (Lipinski definition) is 0. The Morgan fingerprint density at radius 3 is 2.11 bits per heavy atom. The molecule has 0 aromatic rings. The molecule has 2 heteroatoms. The van der Waals surface area contributed by atoms with Crippen LogP contribution in [0.25, 0.3) is 0 Å². The third-order valence-corrected chi connectivity index (χ3v) is 1.49. The molecule has 0 aromatic heterocycles. The molecule has 1 aliphatic heterocycles. The molecule has 0 unspecified atom stereocenters. The van der Waals surface area contributed by atoms with Crippen LogP contribution < -0.4 is 0 Å². The van der Waals surface area contributed by atoms with E-state index in [0.29, 0.717) is 0 Å². The van der Waals surface area contributed by atoms with Gasteiger partial charge in [-0.2, -0.15) is 0 Å². The fourth-order valence-electron chi connectivity index (χ4n) is 0.928. The summed E-state index contributed by atoms with van der Waals surface area (Å²) in [7, 11) is 0. The highest BCUT2D eigenvalue weighted by molar-refractivity contribution is 4.45. The molecule has 54 valence electrons. The lowest BCUT2D eigenvalue weighted by Crippen LogP contribution is -2.16. The molecule has 0 aliphatic carbocycles. The van der Waals surface area contributed by atoms with Crippen LogP contribution in [-0.4, -0.2) is 19.5 Å². The minimum atomic E-state index is 0.0188. The molecule has 0 radical (unpaired) electrons. The van der Waals surface area contributed by atoms with Crippen LogP contribution >= 0.6 is 0 Å². The molecular weight excluding hydrogens is 116 g/mol. The van der Waals surface area contributed by atoms with Crippen LogP contribution in [0.2, 0.25) is 0 Å². The predicted octanol–water partition coefficient (Wildman–Crippen LogP) is 1.55. The summed E-state index contributed by atoms with van der Waals surface area (Å²) in [5, 5.41) is 0. The van der Waals surface area contributed by atoms with Gasteiger partial charge in [-0.25, -0.2) is 0 Å². The van der Waals surface area contributed by atoms with Gasteiger partial charge in [0.2, 0.25) is 0 Å². The summed E-state index contributed by atoms with van der Waals surface area (Å²) in [5.74, 6) is 0. The summed E-state index contributed by atoms with van der Waals surface area (Å²) >= 11 is 0. The summed E-state index contributed by atoms with van der Waals surface area (Å²) in [5.41, 5.74) is 0. The Kier molecular flexibility index (Phi) is 3.01. The van der Waals surface area contributed by atoms with Gasteiger partial charge in [-0.05, 0) is 26.2 Å². The van der Waals surface area contributed by atoms with Crippen molar-refractivity contribution in [1.82, 2.24) is 0 Å². The number of rotatable bonds is 0. The summed E-state index contributed by atoms with van der Waals surface area (Å²) in [4.78, 5) is 0. The van der Waals surface area contributed by atoms with Crippen LogP contribution in [-0.2, 0) is 9.47 Å². The van der Waals surface area contributed by atoms with Crippen LogP contribution in [0.15, 0.2) is 0 Å². The van der Waals surface area contributed by atoms with Crippen molar-refractivity contribution in [1.29, 1.82) is 0 Å². The van der Waals surface area contributed by atoms with E-state index in [1.165, 1.54) is 19.3 Å². The SMILES string of the molecule is CC1OCCCCCO1. The van der Waals surface area contributed by atoms with Crippen LogP contribution in [0, 0.1) is 0 Å². The first kappa shape index (κ1) is 7.03. The second kappa shape index (κ2) is 3.85. The maximum atomic E-state index is 5.26. The van der Waals surface area contributed by atoms with Crippen molar-refractivity contribution < 1.29 is 9.47 Å². The Labute approximate surface area is 56.2 Å². The van der Waals surface area contributed by atoms with E-state index < -0.39 is 0 Å². The Hall–Kier alpha value is -0.0800. The lowest BCUT2D eigenvalue weighted by molar-refractivity contribution is -0.139. The van der Waals surface area contributed by atoms with Gasteiger partial charge < -0.3 is 9.47 Å². The molecule has 1 saturated heterocycles. The molecule has 0 aromatic carbocycles. The molecule has 1 heterocycles. The van der Waals surface area contributed by atoms with E-state index in [-0.39, 0.29) is 6.29 Å². The van der Waals surface area contributed by atoms with E-state index in [0.717, 1.165) is 13.2 Å². The molecule has 1 fully saturated rings. The Morgan fingerprint density at radius 2 is 1.56 bits per heavy atom. The quantitative estimate of drug-likeness (QED) is 0.495. The van der Waals surface area contributed by atoms with Crippen molar-refractivity contribution in [2.75, 3.05) is 13.2 Å². The molecule has 9 heavy (non-hydrogen) atoms. The second-order valence-corrected chi connectivity index (χ2v) is 2.37. The minimum Gasteiger partial charge on any atom is -0.353 e. The monoisotopic (exact) mass is 130 g/mol. The van der Waals surface area contributed by atoms with E-state index >= 15 is 0 Å². The zero-order valence-corrected chi connectivity index (χ0v) is 5.93. The van der Waals surface area contributed by atoms with E-state index in [4.69, 9.17) is 9.47 Å². The van der Waals surface area contributed by atoms with Gasteiger partial charge in [-0.15, -0.1) is 0 Å². The second-order valence-electron chi connectivity index (χ2n) is 2.37. The average molecular weight is 130 g/mol. The van der Waals surface area contributed by atoms with Gasteiger partial charge in [0.25, 0.3) is 0 Å². The molecular formula is C7H14O2. The van der Waals surface area contributed by atoms with E-state index in [1.54, 1.807) is 0 Å². The van der Waals surface area contributed by atoms with Gasteiger partial charge in [0.05, 0.1) is 0 Å². The summed E-state index contributed by atoms with van der Waals surface area (Å²) < 4.78 is 10.5. The van der Waals surface area contributed by atoms with Crippen LogP contribution in [0.1, 0.15) is 26.2 Å². The summed E-state index contributed by atoms with van der Waals surface area (Å²) in [6.45, 7) is 3.67. The van der Waals surface area contributed by atoms with Crippen LogP contribution in [0.5, 0.6) is 0 Å². The number of hydrogen-bond acceptors (Lipinski definition) is 2. The van der Waals surface area contributed by atoms with Crippen molar-refractivity contribution >= 4 is 0 Å². The molecule has 0 saturated carbocycles. The van der Waals surface area contributed by atoms with Gasteiger partial charge in [0.15, 0.2) is 6.29 Å². The first-order chi connectivity index (χ1) is 4.39. The summed E-state index contributed by atoms with van der Waals surface area (Å²) in [6.07, 6.45) is 3.64. The normalized spacial score (nSPS) is 25.0. The molecule has 2 nitrogen and oxygen atoms in total. The highest BCUT2D eigenvalue weighted by Crippen LogP contribution is 2.05. The largest absolute Gasteiger partial charge is 0.353 e. The lowest BCUT2D eigenvalue weighted by Gasteiger charge is -2.16. The van der Waals surface area contributed by atoms with Crippen molar-refractivity contribution in [2.24, 2.45) is 0 Å². The van der Waals surface area contributed by atoms with Gasteiger partial charge in [0, 0.05) is 13.2 Å². The van der Waals surface area contributed by atoms with Crippen molar-refractivity contribution in [3.05, 3.63) is 0 Å². The molecule has 0 amide bonds. The highest BCUT2D eigenvalue weighted by Gasteiger charge is 2.03. The topological polar surface area (TPSA) is 18.5 Å². The average Bonchev–Trinajstić information content (AvgIpc) is 1.79. The smallest absolute Gasteiger partial charge is 0.154 e. The minimum absolute atomic E-state index is 0.0188. The molecule has 0 atom stereocenters. The third-order valence-electron chi connectivity index (χ3n) is 1.49. The lowest BCUT2D eigenvalue weighted by atomic mass is 10.2. The highest BCUT2D eigenvalue weighted by atomic mass is 16.7. The fourth-order valence-corrected chi connectivity index (χ4v) is 0.928. The van der Waals surface area contributed by atoms with Gasteiger partial charge in [0.1, 0.15) is 0 Å². The van der Waals surface area contributed by atoms with Crippen LogP contribution in [0.3, 0.4) is 0 Å². The standard InChI is InChI=1S/C7H14O2/c1-7-8-5-3-2-4-6-9-7/h7H,2-6H2,1H3. The first-order valence-corrected chi connectivity index (χ1v) is 3.63. The zero-order chi connectivity index (χ0) is 6.53. The van der Waals surface area contributed by atoms with Crippen LogP contribution in [0.4, 0.5) is 0 Å². The number of ether oxygens (including phenoxy) is 2. The zero-order valence-electron chi connectivity index (χ0n) is 5.93. The molecule has 0 bridgehead atoms. The predicted molar refractivity (Wildman–Crippen MR) is 35.2 cm³/mol. The first-order valence-electron chi connectivity index (χ1n) is 3.63. The maximum Gasteiger partial charge on any atom is 0.154 e. The van der Waals surface area contributed by atoms with Crippen molar-refractivity contribution in [2.45, 2.75) is 32.5 Å². The molecule has 0 spiro atoms. The molecule has 1 aliphatic rings. The van der Waals surface area contributed by atoms with Gasteiger partial charge in [-0.1, -0.05) is 0 Å². The summed E-state index contributed by atoms with van der Waals surface area (Å²) in [6, 6.07) is 0. The van der Waals surface area contributed by atoms with Crippen molar-refractivity contribution in [3.8, 4) is 0 Å². The van der Waals surface area contributed by atoms with Crippen molar-refractivity contribution in [3.63, 3.8) is 0 Å².